The van der Waals surface area contributed by atoms with Gasteiger partial charge in [-0.25, -0.2) is 0 Å². The normalized spacial score (nSPS) is 12.7. The van der Waals surface area contributed by atoms with Crippen LogP contribution in [0.1, 0.15) is 17.5 Å². The minimum Gasteiger partial charge on any atom is -0.388 e. The Bertz CT molecular complexity index is 470. The van der Waals surface area contributed by atoms with Crippen molar-refractivity contribution in [2.45, 2.75) is 12.5 Å². The molecule has 2 aromatic rings. The Morgan fingerprint density at radius 3 is 2.50 bits per heavy atom. The zero-order valence-corrected chi connectivity index (χ0v) is 9.61. The van der Waals surface area contributed by atoms with Gasteiger partial charge in [0.1, 0.15) is 0 Å². The van der Waals surface area contributed by atoms with Crippen LogP contribution in [0.5, 0.6) is 0 Å². The molecule has 0 amide bonds. The Labute approximate surface area is 102 Å². The first kappa shape index (κ1) is 11.4. The minimum absolute atomic E-state index is 0.0293. The summed E-state index contributed by atoms with van der Waals surface area (Å²) in [7, 11) is 0. The van der Waals surface area contributed by atoms with Crippen LogP contribution in [0.3, 0.4) is 0 Å². The van der Waals surface area contributed by atoms with Crippen molar-refractivity contribution in [2.24, 2.45) is 0 Å². The lowest BCUT2D eigenvalue weighted by molar-refractivity contribution is 0.174. The molecule has 0 saturated carbocycles. The van der Waals surface area contributed by atoms with Gasteiger partial charge in [-0.05, 0) is 29.3 Å². The Morgan fingerprint density at radius 1 is 1.25 bits per heavy atom. The topological polar surface area (TPSA) is 59.2 Å². The SMILES string of the molecule is O[C@@H](Cc1noc(Cl)n1)c1ccc(Cl)cc1. The van der Waals surface area contributed by atoms with Crippen molar-refractivity contribution >= 4 is 23.2 Å². The van der Waals surface area contributed by atoms with Gasteiger partial charge in [0.2, 0.25) is 0 Å². The number of halogens is 2. The third-order valence-electron chi connectivity index (χ3n) is 2.07. The van der Waals surface area contributed by atoms with E-state index in [-0.39, 0.29) is 11.8 Å². The Balaban J connectivity index is 2.08. The van der Waals surface area contributed by atoms with E-state index in [1.807, 2.05) is 0 Å². The van der Waals surface area contributed by atoms with Gasteiger partial charge in [-0.2, -0.15) is 4.98 Å². The zero-order valence-electron chi connectivity index (χ0n) is 8.10. The van der Waals surface area contributed by atoms with Gasteiger partial charge in [-0.3, -0.25) is 0 Å². The van der Waals surface area contributed by atoms with E-state index in [2.05, 4.69) is 14.7 Å². The van der Waals surface area contributed by atoms with Gasteiger partial charge in [0.15, 0.2) is 5.82 Å². The van der Waals surface area contributed by atoms with Gasteiger partial charge in [0, 0.05) is 11.4 Å². The molecule has 1 heterocycles. The summed E-state index contributed by atoms with van der Waals surface area (Å²) in [6.45, 7) is 0. The van der Waals surface area contributed by atoms with Crippen LogP contribution in [0.2, 0.25) is 10.4 Å². The fourth-order valence-corrected chi connectivity index (χ4v) is 1.55. The van der Waals surface area contributed by atoms with E-state index in [0.29, 0.717) is 10.8 Å². The number of aliphatic hydroxyl groups excluding tert-OH is 1. The summed E-state index contributed by atoms with van der Waals surface area (Å²) in [6.07, 6.45) is -0.455. The van der Waals surface area contributed by atoms with Crippen molar-refractivity contribution in [3.63, 3.8) is 0 Å². The first-order valence-electron chi connectivity index (χ1n) is 4.57. The molecule has 0 aliphatic heterocycles. The molecule has 0 saturated heterocycles. The molecule has 16 heavy (non-hydrogen) atoms. The third-order valence-corrected chi connectivity index (χ3v) is 2.48. The smallest absolute Gasteiger partial charge is 0.320 e. The van der Waals surface area contributed by atoms with E-state index in [1.54, 1.807) is 24.3 Å². The summed E-state index contributed by atoms with van der Waals surface area (Å²) in [4.78, 5) is 3.80. The molecule has 0 fully saturated rings. The van der Waals surface area contributed by atoms with Crippen LogP contribution in [-0.4, -0.2) is 15.2 Å². The molecule has 1 N–H and O–H groups in total. The van der Waals surface area contributed by atoms with Gasteiger partial charge in [0.25, 0.3) is 0 Å². The minimum atomic E-state index is -0.703. The summed E-state index contributed by atoms with van der Waals surface area (Å²) >= 11 is 11.2. The van der Waals surface area contributed by atoms with Crippen molar-refractivity contribution in [2.75, 3.05) is 0 Å². The Morgan fingerprint density at radius 2 is 1.94 bits per heavy atom. The summed E-state index contributed by atoms with van der Waals surface area (Å²) in [6, 6.07) is 6.91. The van der Waals surface area contributed by atoms with Crippen molar-refractivity contribution in [3.05, 3.63) is 46.0 Å². The van der Waals surface area contributed by atoms with Crippen LogP contribution in [0, 0.1) is 0 Å². The molecule has 4 nitrogen and oxygen atoms in total. The van der Waals surface area contributed by atoms with Crippen LogP contribution in [-0.2, 0) is 6.42 Å². The lowest BCUT2D eigenvalue weighted by Crippen LogP contribution is -2.02. The molecule has 0 aliphatic rings. The molecule has 0 radical (unpaired) electrons. The molecule has 1 atom stereocenters. The molecule has 0 unspecified atom stereocenters. The van der Waals surface area contributed by atoms with Crippen LogP contribution in [0.15, 0.2) is 28.8 Å². The number of hydrogen-bond acceptors (Lipinski definition) is 4. The van der Waals surface area contributed by atoms with E-state index in [9.17, 15) is 5.11 Å². The standard InChI is InChI=1S/C10H8Cl2N2O2/c11-7-3-1-6(2-4-7)8(15)5-9-13-10(12)16-14-9/h1-4,8,15H,5H2/t8-/m0/s1. The predicted molar refractivity (Wildman–Crippen MR) is 59.4 cm³/mol. The molecule has 1 aromatic heterocycles. The largest absolute Gasteiger partial charge is 0.388 e. The Kier molecular flexibility index (Phi) is 3.43. The van der Waals surface area contributed by atoms with Crippen LogP contribution in [0.4, 0.5) is 0 Å². The van der Waals surface area contributed by atoms with Gasteiger partial charge < -0.3 is 9.63 Å². The number of benzene rings is 1. The summed E-state index contributed by atoms with van der Waals surface area (Å²) < 4.78 is 4.59. The number of hydrogen-bond donors (Lipinski definition) is 1. The second-order valence-electron chi connectivity index (χ2n) is 3.24. The highest BCUT2D eigenvalue weighted by molar-refractivity contribution is 6.30. The van der Waals surface area contributed by atoms with E-state index < -0.39 is 6.10 Å². The van der Waals surface area contributed by atoms with Crippen LogP contribution < -0.4 is 0 Å². The molecule has 0 bridgehead atoms. The van der Waals surface area contributed by atoms with Gasteiger partial charge in [-0.15, -0.1) is 0 Å². The summed E-state index contributed by atoms with van der Waals surface area (Å²) in [5.74, 6) is 0.368. The predicted octanol–water partition coefficient (Wildman–Crippen LogP) is 2.65. The maximum absolute atomic E-state index is 9.87. The molecular weight excluding hydrogens is 251 g/mol. The third kappa shape index (κ3) is 2.72. The molecule has 1 aromatic carbocycles. The zero-order chi connectivity index (χ0) is 11.5. The second kappa shape index (κ2) is 4.82. The second-order valence-corrected chi connectivity index (χ2v) is 3.99. The fraction of sp³-hybridized carbons (Fsp3) is 0.200. The fourth-order valence-electron chi connectivity index (χ4n) is 1.29. The quantitative estimate of drug-likeness (QED) is 0.920. The first-order chi connectivity index (χ1) is 7.65. The van der Waals surface area contributed by atoms with Crippen LogP contribution >= 0.6 is 23.2 Å². The average Bonchev–Trinajstić information content (AvgIpc) is 2.65. The van der Waals surface area contributed by atoms with Crippen molar-refractivity contribution in [1.82, 2.24) is 10.1 Å². The lowest BCUT2D eigenvalue weighted by Gasteiger charge is -2.07. The highest BCUT2D eigenvalue weighted by Crippen LogP contribution is 2.19. The molecule has 0 aliphatic carbocycles. The van der Waals surface area contributed by atoms with Gasteiger partial charge >= 0.3 is 5.35 Å². The first-order valence-corrected chi connectivity index (χ1v) is 5.32. The monoisotopic (exact) mass is 258 g/mol. The molecule has 2 rings (SSSR count). The van der Waals surface area contributed by atoms with Crippen molar-refractivity contribution in [1.29, 1.82) is 0 Å². The van der Waals surface area contributed by atoms with Crippen molar-refractivity contribution < 1.29 is 9.63 Å². The van der Waals surface area contributed by atoms with Gasteiger partial charge in [0.05, 0.1) is 6.10 Å². The molecular formula is C10H8Cl2N2O2. The maximum Gasteiger partial charge on any atom is 0.320 e. The van der Waals surface area contributed by atoms with Gasteiger partial charge in [-0.1, -0.05) is 28.9 Å². The number of aliphatic hydroxyl groups is 1. The summed E-state index contributed by atoms with van der Waals surface area (Å²) in [5.41, 5.74) is 0.741. The molecule has 84 valence electrons. The lowest BCUT2D eigenvalue weighted by atomic mass is 10.1. The number of nitrogens with zero attached hydrogens (tertiary/aromatic N) is 2. The molecule has 6 heteroatoms. The highest BCUT2D eigenvalue weighted by atomic mass is 35.5. The van der Waals surface area contributed by atoms with Crippen molar-refractivity contribution in [3.8, 4) is 0 Å². The summed E-state index contributed by atoms with van der Waals surface area (Å²) in [5, 5.41) is 14.1. The molecule has 0 spiro atoms. The maximum atomic E-state index is 9.87. The average molecular weight is 259 g/mol. The van der Waals surface area contributed by atoms with E-state index in [1.165, 1.54) is 0 Å². The number of rotatable bonds is 3. The van der Waals surface area contributed by atoms with E-state index >= 15 is 0 Å². The number of aromatic nitrogens is 2. The highest BCUT2D eigenvalue weighted by Gasteiger charge is 2.12. The Hall–Kier alpha value is -1.10. The van der Waals surface area contributed by atoms with E-state index in [0.717, 1.165) is 5.56 Å². The van der Waals surface area contributed by atoms with E-state index in [4.69, 9.17) is 23.2 Å². The van der Waals surface area contributed by atoms with Crippen LogP contribution in [0.25, 0.3) is 0 Å².